The van der Waals surface area contributed by atoms with Crippen molar-refractivity contribution in [1.82, 2.24) is 4.98 Å². The van der Waals surface area contributed by atoms with Crippen LogP contribution in [0.4, 0.5) is 15.9 Å². The van der Waals surface area contributed by atoms with Crippen LogP contribution < -0.4 is 10.2 Å². The Morgan fingerprint density at radius 1 is 1.14 bits per heavy atom. The molecular formula is C17H18FN3O. The molecule has 2 aromatic rings. The van der Waals surface area contributed by atoms with Gasteiger partial charge in [0, 0.05) is 18.7 Å². The zero-order valence-electron chi connectivity index (χ0n) is 12.5. The highest BCUT2D eigenvalue weighted by Gasteiger charge is 2.15. The van der Waals surface area contributed by atoms with Crippen LogP contribution in [0.1, 0.15) is 28.9 Å². The lowest BCUT2D eigenvalue weighted by Gasteiger charge is -2.18. The van der Waals surface area contributed by atoms with Crippen LogP contribution in [0.5, 0.6) is 0 Å². The van der Waals surface area contributed by atoms with E-state index in [0.29, 0.717) is 11.3 Å². The van der Waals surface area contributed by atoms with Crippen LogP contribution in [0, 0.1) is 12.7 Å². The summed E-state index contributed by atoms with van der Waals surface area (Å²) >= 11 is 0. The maximum Gasteiger partial charge on any atom is 0.255 e. The Morgan fingerprint density at radius 2 is 1.82 bits per heavy atom. The molecule has 0 bridgehead atoms. The van der Waals surface area contributed by atoms with Gasteiger partial charge in [0.2, 0.25) is 0 Å². The average Bonchev–Trinajstić information content (AvgIpc) is 3.04. The van der Waals surface area contributed by atoms with Gasteiger partial charge in [0.25, 0.3) is 5.91 Å². The van der Waals surface area contributed by atoms with Crippen LogP contribution in [0.15, 0.2) is 36.4 Å². The van der Waals surface area contributed by atoms with Crippen molar-refractivity contribution in [1.29, 1.82) is 0 Å². The largest absolute Gasteiger partial charge is 0.357 e. The summed E-state index contributed by atoms with van der Waals surface area (Å²) in [6, 6.07) is 9.28. The SMILES string of the molecule is Cc1nc(N2CCCC2)ccc1NC(=O)c1ccc(F)cc1. The van der Waals surface area contributed by atoms with Gasteiger partial charge in [0.1, 0.15) is 11.6 Å². The van der Waals surface area contributed by atoms with E-state index in [0.717, 1.165) is 24.6 Å². The number of carbonyl (C=O) groups excluding carboxylic acids is 1. The maximum atomic E-state index is 12.9. The van der Waals surface area contributed by atoms with Gasteiger partial charge in [0.15, 0.2) is 0 Å². The van der Waals surface area contributed by atoms with Gasteiger partial charge in [0.05, 0.1) is 11.4 Å². The van der Waals surface area contributed by atoms with Gasteiger partial charge >= 0.3 is 0 Å². The van der Waals surface area contributed by atoms with Crippen molar-refractivity contribution in [3.8, 4) is 0 Å². The van der Waals surface area contributed by atoms with Gasteiger partial charge in [-0.15, -0.1) is 0 Å². The van der Waals surface area contributed by atoms with Crippen molar-refractivity contribution in [2.45, 2.75) is 19.8 Å². The normalized spacial score (nSPS) is 14.2. The summed E-state index contributed by atoms with van der Waals surface area (Å²) < 4.78 is 12.9. The molecule has 1 fully saturated rings. The number of nitrogens with one attached hydrogen (secondary N) is 1. The predicted octanol–water partition coefficient (Wildman–Crippen LogP) is 3.38. The molecule has 5 heteroatoms. The first-order valence-corrected chi connectivity index (χ1v) is 7.43. The van der Waals surface area contributed by atoms with Crippen LogP contribution in [0.25, 0.3) is 0 Å². The van der Waals surface area contributed by atoms with Crippen molar-refractivity contribution in [2.24, 2.45) is 0 Å². The first kappa shape index (κ1) is 14.5. The Labute approximate surface area is 129 Å². The van der Waals surface area contributed by atoms with Gasteiger partial charge in [-0.3, -0.25) is 4.79 Å². The lowest BCUT2D eigenvalue weighted by molar-refractivity contribution is 0.102. The van der Waals surface area contributed by atoms with E-state index in [1.165, 1.54) is 37.1 Å². The number of aryl methyl sites for hydroxylation is 1. The molecule has 22 heavy (non-hydrogen) atoms. The summed E-state index contributed by atoms with van der Waals surface area (Å²) in [5.41, 5.74) is 1.88. The number of anilines is 2. The minimum atomic E-state index is -0.357. The number of hydrogen-bond acceptors (Lipinski definition) is 3. The van der Waals surface area contributed by atoms with E-state index in [1.807, 2.05) is 19.1 Å². The van der Waals surface area contributed by atoms with Crippen LogP contribution in [-0.4, -0.2) is 24.0 Å². The van der Waals surface area contributed by atoms with Crippen LogP contribution in [0.2, 0.25) is 0 Å². The number of nitrogens with zero attached hydrogens (tertiary/aromatic N) is 2. The Kier molecular flexibility index (Phi) is 4.04. The molecule has 4 nitrogen and oxygen atoms in total. The molecule has 0 aliphatic carbocycles. The molecule has 1 aliphatic heterocycles. The van der Waals surface area contributed by atoms with Crippen LogP contribution in [-0.2, 0) is 0 Å². The number of pyridine rings is 1. The Balaban J connectivity index is 1.74. The average molecular weight is 299 g/mol. The minimum absolute atomic E-state index is 0.265. The highest BCUT2D eigenvalue weighted by molar-refractivity contribution is 6.04. The highest BCUT2D eigenvalue weighted by atomic mass is 19.1. The number of rotatable bonds is 3. The van der Waals surface area contributed by atoms with Gasteiger partial charge < -0.3 is 10.2 Å². The third-order valence-corrected chi connectivity index (χ3v) is 3.86. The second-order valence-electron chi connectivity index (χ2n) is 5.46. The molecule has 1 aliphatic rings. The Morgan fingerprint density at radius 3 is 2.45 bits per heavy atom. The third-order valence-electron chi connectivity index (χ3n) is 3.86. The summed E-state index contributed by atoms with van der Waals surface area (Å²) in [6.45, 7) is 3.95. The van der Waals surface area contributed by atoms with Crippen molar-refractivity contribution < 1.29 is 9.18 Å². The molecule has 0 saturated carbocycles. The molecule has 1 saturated heterocycles. The molecule has 0 unspecified atom stereocenters. The number of carbonyl (C=O) groups is 1. The lowest BCUT2D eigenvalue weighted by atomic mass is 10.2. The fourth-order valence-corrected chi connectivity index (χ4v) is 2.60. The zero-order valence-corrected chi connectivity index (χ0v) is 12.5. The summed E-state index contributed by atoms with van der Waals surface area (Å²) in [6.07, 6.45) is 2.40. The first-order chi connectivity index (χ1) is 10.6. The monoisotopic (exact) mass is 299 g/mol. The summed E-state index contributed by atoms with van der Waals surface area (Å²) in [7, 11) is 0. The second-order valence-corrected chi connectivity index (χ2v) is 5.46. The maximum absolute atomic E-state index is 12.9. The van der Waals surface area contributed by atoms with Gasteiger partial charge in [-0.1, -0.05) is 0 Å². The number of hydrogen-bond donors (Lipinski definition) is 1. The topological polar surface area (TPSA) is 45.2 Å². The van der Waals surface area contributed by atoms with E-state index in [1.54, 1.807) is 0 Å². The molecule has 1 N–H and O–H groups in total. The molecular weight excluding hydrogens is 281 g/mol. The molecule has 0 radical (unpaired) electrons. The number of amides is 1. The second kappa shape index (κ2) is 6.13. The Bertz CT molecular complexity index is 679. The highest BCUT2D eigenvalue weighted by Crippen LogP contribution is 2.22. The van der Waals surface area contributed by atoms with Crippen molar-refractivity contribution in [3.05, 3.63) is 53.5 Å². The van der Waals surface area contributed by atoms with Gasteiger partial charge in [-0.25, -0.2) is 9.37 Å². The zero-order chi connectivity index (χ0) is 15.5. The standard InChI is InChI=1S/C17H18FN3O/c1-12-15(8-9-16(19-12)21-10-2-3-11-21)20-17(22)13-4-6-14(18)7-5-13/h4-9H,2-3,10-11H2,1H3,(H,20,22). The molecule has 0 atom stereocenters. The number of aromatic nitrogens is 1. The summed E-state index contributed by atoms with van der Waals surface area (Å²) in [4.78, 5) is 19.0. The molecule has 0 spiro atoms. The smallest absolute Gasteiger partial charge is 0.255 e. The van der Waals surface area contributed by atoms with Gasteiger partial charge in [-0.05, 0) is 56.2 Å². The first-order valence-electron chi connectivity index (χ1n) is 7.43. The minimum Gasteiger partial charge on any atom is -0.357 e. The van der Waals surface area contributed by atoms with E-state index in [4.69, 9.17) is 0 Å². The van der Waals surface area contributed by atoms with E-state index < -0.39 is 0 Å². The van der Waals surface area contributed by atoms with Crippen molar-refractivity contribution in [2.75, 3.05) is 23.3 Å². The van der Waals surface area contributed by atoms with Gasteiger partial charge in [-0.2, -0.15) is 0 Å². The fraction of sp³-hybridized carbons (Fsp3) is 0.294. The number of benzene rings is 1. The molecule has 1 aromatic carbocycles. The Hall–Kier alpha value is -2.43. The summed E-state index contributed by atoms with van der Waals surface area (Å²) in [5.74, 6) is 0.331. The molecule has 3 rings (SSSR count). The molecule has 1 amide bonds. The molecule has 114 valence electrons. The van der Waals surface area contributed by atoms with Crippen molar-refractivity contribution in [3.63, 3.8) is 0 Å². The molecule has 1 aromatic heterocycles. The fourth-order valence-electron chi connectivity index (χ4n) is 2.60. The summed E-state index contributed by atoms with van der Waals surface area (Å²) in [5, 5.41) is 2.82. The third kappa shape index (κ3) is 3.08. The number of halogens is 1. The van der Waals surface area contributed by atoms with E-state index in [-0.39, 0.29) is 11.7 Å². The van der Waals surface area contributed by atoms with E-state index >= 15 is 0 Å². The molecule has 2 heterocycles. The van der Waals surface area contributed by atoms with Crippen LogP contribution >= 0.6 is 0 Å². The van der Waals surface area contributed by atoms with Crippen LogP contribution in [0.3, 0.4) is 0 Å². The predicted molar refractivity (Wildman–Crippen MR) is 84.8 cm³/mol. The van der Waals surface area contributed by atoms with E-state index in [9.17, 15) is 9.18 Å². The van der Waals surface area contributed by atoms with E-state index in [2.05, 4.69) is 15.2 Å². The van der Waals surface area contributed by atoms with Crippen molar-refractivity contribution >= 4 is 17.4 Å². The lowest BCUT2D eigenvalue weighted by Crippen LogP contribution is -2.20. The quantitative estimate of drug-likeness (QED) is 0.945.